The fourth-order valence-electron chi connectivity index (χ4n) is 4.24. The summed E-state index contributed by atoms with van der Waals surface area (Å²) in [6, 6.07) is 7.73. The van der Waals surface area contributed by atoms with E-state index in [9.17, 15) is 4.79 Å². The van der Waals surface area contributed by atoms with Gasteiger partial charge in [0.2, 0.25) is 5.91 Å². The first-order valence-corrected chi connectivity index (χ1v) is 11.2. The van der Waals surface area contributed by atoms with Gasteiger partial charge in [-0.25, -0.2) is 0 Å². The van der Waals surface area contributed by atoms with Crippen molar-refractivity contribution in [3.63, 3.8) is 0 Å². The first-order valence-electron chi connectivity index (χ1n) is 10.8. The van der Waals surface area contributed by atoms with Crippen LogP contribution in [-0.2, 0) is 11.3 Å². The second kappa shape index (κ2) is 10.7. The molecule has 0 saturated carbocycles. The third-order valence-electron chi connectivity index (χ3n) is 5.44. The van der Waals surface area contributed by atoms with Gasteiger partial charge in [-0.1, -0.05) is 13.8 Å². The zero-order valence-electron chi connectivity index (χ0n) is 18.2. The number of ether oxygens (including phenoxy) is 1. The summed E-state index contributed by atoms with van der Waals surface area (Å²) in [5, 5.41) is 10.2. The molecule has 0 radical (unpaired) electrons. The van der Waals surface area contributed by atoms with Crippen LogP contribution in [0.15, 0.2) is 24.3 Å². The van der Waals surface area contributed by atoms with Crippen LogP contribution in [0.1, 0.15) is 33.6 Å². The summed E-state index contributed by atoms with van der Waals surface area (Å²) in [6.45, 7) is 11.5. The highest BCUT2D eigenvalue weighted by Crippen LogP contribution is 2.22. The van der Waals surface area contributed by atoms with Crippen LogP contribution in [0.2, 0.25) is 0 Å². The number of hydrogen-bond acceptors (Lipinski definition) is 5. The van der Waals surface area contributed by atoms with Crippen LogP contribution in [-0.4, -0.2) is 58.4 Å². The first kappa shape index (κ1) is 22.5. The Morgan fingerprint density at radius 3 is 2.60 bits per heavy atom. The normalized spacial score (nSPS) is 19.6. The number of rotatable bonds is 9. The summed E-state index contributed by atoms with van der Waals surface area (Å²) >= 11 is 5.37. The number of nitrogens with one attached hydrogen (secondary N) is 2. The molecule has 3 rings (SSSR count). The quantitative estimate of drug-likeness (QED) is 0.595. The van der Waals surface area contributed by atoms with Crippen LogP contribution in [0.5, 0.6) is 5.75 Å². The van der Waals surface area contributed by atoms with E-state index >= 15 is 0 Å². The van der Waals surface area contributed by atoms with Gasteiger partial charge in [0.15, 0.2) is 10.6 Å². The smallest absolute Gasteiger partial charge is 0.221 e. The highest BCUT2D eigenvalue weighted by Gasteiger charge is 2.21. The third kappa shape index (κ3) is 6.15. The molecule has 0 spiro atoms. The summed E-state index contributed by atoms with van der Waals surface area (Å²) in [4.78, 5) is 14.8. The summed E-state index contributed by atoms with van der Waals surface area (Å²) in [5.41, 5.74) is 0.930. The second-order valence-corrected chi connectivity index (χ2v) is 8.65. The van der Waals surface area contributed by atoms with E-state index in [-0.39, 0.29) is 5.91 Å². The van der Waals surface area contributed by atoms with Gasteiger partial charge >= 0.3 is 0 Å². The summed E-state index contributed by atoms with van der Waals surface area (Å²) in [5.74, 6) is 3.04. The zero-order valence-corrected chi connectivity index (χ0v) is 19.0. The van der Waals surface area contributed by atoms with Gasteiger partial charge in [-0.05, 0) is 61.7 Å². The van der Waals surface area contributed by atoms with E-state index in [4.69, 9.17) is 17.0 Å². The fraction of sp³-hybridized carbons (Fsp3) is 0.591. The van der Waals surface area contributed by atoms with E-state index < -0.39 is 0 Å². The third-order valence-corrected chi connectivity index (χ3v) is 5.75. The number of hydrogen-bond donors (Lipinski definition) is 2. The minimum atomic E-state index is 0.0360. The van der Waals surface area contributed by atoms with Gasteiger partial charge in [0.1, 0.15) is 5.75 Å². The number of likely N-dealkylation sites (tertiary alicyclic amines) is 1. The molecule has 2 heterocycles. The van der Waals surface area contributed by atoms with Crippen molar-refractivity contribution >= 4 is 18.1 Å². The number of benzene rings is 1. The van der Waals surface area contributed by atoms with Gasteiger partial charge in [-0.15, -0.1) is 0 Å². The van der Waals surface area contributed by atoms with Crippen molar-refractivity contribution in [2.75, 3.05) is 32.8 Å². The summed E-state index contributed by atoms with van der Waals surface area (Å²) in [7, 11) is 0. The maximum absolute atomic E-state index is 12.4. The van der Waals surface area contributed by atoms with Crippen molar-refractivity contribution in [3.05, 3.63) is 29.0 Å². The molecule has 30 heavy (non-hydrogen) atoms. The number of carbonyl (C=O) groups is 1. The van der Waals surface area contributed by atoms with Crippen molar-refractivity contribution in [3.8, 4) is 17.1 Å². The van der Waals surface area contributed by atoms with Gasteiger partial charge in [-0.3, -0.25) is 14.5 Å². The van der Waals surface area contributed by atoms with Gasteiger partial charge in [0, 0.05) is 44.7 Å². The molecular weight excluding hydrogens is 398 g/mol. The Morgan fingerprint density at radius 2 is 1.93 bits per heavy atom. The summed E-state index contributed by atoms with van der Waals surface area (Å²) in [6.07, 6.45) is 1.66. The Morgan fingerprint density at radius 1 is 1.23 bits per heavy atom. The molecule has 2 N–H and O–H groups in total. The van der Waals surface area contributed by atoms with Crippen LogP contribution < -0.4 is 10.1 Å². The molecule has 2 atom stereocenters. The van der Waals surface area contributed by atoms with E-state index in [0.29, 0.717) is 30.9 Å². The Labute approximate surface area is 183 Å². The van der Waals surface area contributed by atoms with Crippen molar-refractivity contribution < 1.29 is 9.53 Å². The topological polar surface area (TPSA) is 75.2 Å². The van der Waals surface area contributed by atoms with E-state index in [1.807, 2.05) is 35.8 Å². The number of aromatic amines is 1. The largest absolute Gasteiger partial charge is 0.494 e. The number of aromatic nitrogens is 3. The minimum absolute atomic E-state index is 0.0360. The van der Waals surface area contributed by atoms with Crippen molar-refractivity contribution in [2.45, 2.75) is 40.2 Å². The average Bonchev–Trinajstić information content (AvgIpc) is 3.07. The molecule has 1 aliphatic heterocycles. The van der Waals surface area contributed by atoms with E-state index in [0.717, 1.165) is 48.6 Å². The lowest BCUT2D eigenvalue weighted by Crippen LogP contribution is -2.42. The lowest BCUT2D eigenvalue weighted by molar-refractivity contribution is -0.121. The second-order valence-electron chi connectivity index (χ2n) is 8.27. The minimum Gasteiger partial charge on any atom is -0.494 e. The SMILES string of the molecule is CCOc1ccc(-c2n[nH]c(=S)n2CCC(=O)NCCN2CC(C)CC(C)C2)cc1. The summed E-state index contributed by atoms with van der Waals surface area (Å²) < 4.78 is 7.88. The Bertz CT molecular complexity index is 866. The molecule has 0 bridgehead atoms. The Balaban J connectivity index is 1.50. The van der Waals surface area contributed by atoms with Crippen molar-refractivity contribution in [2.24, 2.45) is 11.8 Å². The van der Waals surface area contributed by atoms with Crippen molar-refractivity contribution in [1.82, 2.24) is 25.0 Å². The number of piperidine rings is 1. The van der Waals surface area contributed by atoms with Gasteiger partial charge in [0.05, 0.1) is 6.61 Å². The van der Waals surface area contributed by atoms with Gasteiger partial charge in [-0.2, -0.15) is 5.10 Å². The van der Waals surface area contributed by atoms with E-state index in [1.165, 1.54) is 6.42 Å². The van der Waals surface area contributed by atoms with Crippen molar-refractivity contribution in [1.29, 1.82) is 0 Å². The number of amides is 1. The predicted molar refractivity (Wildman–Crippen MR) is 121 cm³/mol. The molecule has 1 aromatic heterocycles. The number of carbonyl (C=O) groups excluding carboxylic acids is 1. The lowest BCUT2D eigenvalue weighted by atomic mass is 9.92. The maximum atomic E-state index is 12.4. The average molecular weight is 432 g/mol. The Hall–Kier alpha value is -2.19. The molecule has 7 nitrogen and oxygen atoms in total. The van der Waals surface area contributed by atoms with Gasteiger partial charge in [0.25, 0.3) is 0 Å². The zero-order chi connectivity index (χ0) is 21.5. The maximum Gasteiger partial charge on any atom is 0.221 e. The molecule has 1 fully saturated rings. The standard InChI is InChI=1S/C22H33N5O2S/c1-4-29-19-7-5-18(6-8-19)21-24-25-22(30)27(21)11-9-20(28)23-10-12-26-14-16(2)13-17(3)15-26/h5-8,16-17H,4,9-15H2,1-3H3,(H,23,28)(H,25,30). The molecule has 2 unspecified atom stereocenters. The lowest BCUT2D eigenvalue weighted by Gasteiger charge is -2.34. The molecule has 1 aromatic carbocycles. The number of nitrogens with zero attached hydrogens (tertiary/aromatic N) is 3. The molecule has 0 aliphatic carbocycles. The molecule has 1 saturated heterocycles. The first-order chi connectivity index (χ1) is 14.5. The molecule has 164 valence electrons. The van der Waals surface area contributed by atoms with Crippen LogP contribution in [0, 0.1) is 16.6 Å². The highest BCUT2D eigenvalue weighted by atomic mass is 32.1. The fourth-order valence-corrected chi connectivity index (χ4v) is 4.47. The van der Waals surface area contributed by atoms with Gasteiger partial charge < -0.3 is 15.0 Å². The molecule has 1 aliphatic rings. The van der Waals surface area contributed by atoms with Crippen LogP contribution in [0.3, 0.4) is 0 Å². The van der Waals surface area contributed by atoms with Crippen LogP contribution in [0.4, 0.5) is 0 Å². The van der Waals surface area contributed by atoms with E-state index in [2.05, 4.69) is 34.3 Å². The molecule has 8 heteroatoms. The number of H-pyrrole nitrogens is 1. The molecule has 2 aromatic rings. The predicted octanol–water partition coefficient (Wildman–Crippen LogP) is 3.49. The molecular formula is C22H33N5O2S. The monoisotopic (exact) mass is 431 g/mol. The van der Waals surface area contributed by atoms with E-state index in [1.54, 1.807) is 0 Å². The molecule has 1 amide bonds. The Kier molecular flexibility index (Phi) is 8.04. The van der Waals surface area contributed by atoms with Crippen LogP contribution in [0.25, 0.3) is 11.4 Å². The van der Waals surface area contributed by atoms with Crippen LogP contribution >= 0.6 is 12.2 Å². The highest BCUT2D eigenvalue weighted by molar-refractivity contribution is 7.71.